The van der Waals surface area contributed by atoms with Gasteiger partial charge in [0.2, 0.25) is 0 Å². The lowest BCUT2D eigenvalue weighted by molar-refractivity contribution is -0.0379. The molecule has 0 aliphatic carbocycles. The Morgan fingerprint density at radius 3 is 2.75 bits per heavy atom. The third-order valence-electron chi connectivity index (χ3n) is 5.50. The SMILES string of the molecule is CCCSc1nc(NCCc2ccc(OC)c(OC)c2)c2c3c(sc2n1)COC(C)(C)C3. The van der Waals surface area contributed by atoms with Crippen LogP contribution in [0.4, 0.5) is 5.82 Å². The van der Waals surface area contributed by atoms with Crippen LogP contribution in [0.2, 0.25) is 0 Å². The summed E-state index contributed by atoms with van der Waals surface area (Å²) in [6.07, 6.45) is 2.82. The van der Waals surface area contributed by atoms with Crippen molar-refractivity contribution in [2.45, 2.75) is 57.4 Å². The Hall–Kier alpha value is -2.03. The largest absolute Gasteiger partial charge is 0.493 e. The van der Waals surface area contributed by atoms with Gasteiger partial charge in [0.1, 0.15) is 10.6 Å². The maximum absolute atomic E-state index is 6.05. The van der Waals surface area contributed by atoms with E-state index in [1.165, 1.54) is 16.0 Å². The van der Waals surface area contributed by atoms with Gasteiger partial charge in [-0.25, -0.2) is 9.97 Å². The van der Waals surface area contributed by atoms with Gasteiger partial charge in [-0.3, -0.25) is 0 Å². The monoisotopic (exact) mass is 473 g/mol. The molecule has 6 nitrogen and oxygen atoms in total. The number of anilines is 1. The molecule has 8 heteroatoms. The number of hydrogen-bond donors (Lipinski definition) is 1. The lowest BCUT2D eigenvalue weighted by Crippen LogP contribution is -2.31. The van der Waals surface area contributed by atoms with Crippen LogP contribution in [0.1, 0.15) is 43.2 Å². The molecule has 0 amide bonds. The lowest BCUT2D eigenvalue weighted by Gasteiger charge is -2.30. The first-order valence-corrected chi connectivity index (χ1v) is 12.8. The molecule has 4 rings (SSSR count). The second kappa shape index (κ2) is 9.85. The molecule has 1 N–H and O–H groups in total. The smallest absolute Gasteiger partial charge is 0.190 e. The van der Waals surface area contributed by atoms with Gasteiger partial charge in [-0.15, -0.1) is 11.3 Å². The van der Waals surface area contributed by atoms with Gasteiger partial charge in [0.05, 0.1) is 31.8 Å². The lowest BCUT2D eigenvalue weighted by atomic mass is 9.94. The van der Waals surface area contributed by atoms with Crippen molar-refractivity contribution in [3.05, 3.63) is 34.2 Å². The number of fused-ring (bicyclic) bond motifs is 3. The van der Waals surface area contributed by atoms with Crippen molar-refractivity contribution < 1.29 is 14.2 Å². The van der Waals surface area contributed by atoms with E-state index in [-0.39, 0.29) is 5.60 Å². The van der Waals surface area contributed by atoms with E-state index in [2.05, 4.69) is 32.2 Å². The van der Waals surface area contributed by atoms with Gasteiger partial charge in [0.15, 0.2) is 16.7 Å². The summed E-state index contributed by atoms with van der Waals surface area (Å²) in [6, 6.07) is 6.06. The van der Waals surface area contributed by atoms with Crippen LogP contribution in [0.3, 0.4) is 0 Å². The Morgan fingerprint density at radius 2 is 2.00 bits per heavy atom. The van der Waals surface area contributed by atoms with Gasteiger partial charge in [-0.1, -0.05) is 24.8 Å². The number of thioether (sulfide) groups is 1. The molecule has 0 saturated carbocycles. The van der Waals surface area contributed by atoms with Crippen molar-refractivity contribution in [2.75, 3.05) is 31.8 Å². The molecule has 32 heavy (non-hydrogen) atoms. The number of hydrogen-bond acceptors (Lipinski definition) is 8. The first-order chi connectivity index (χ1) is 15.4. The standard InChI is InChI=1S/C24H31N3O3S2/c1-6-11-31-23-26-21(25-10-9-15-7-8-17(28-4)18(12-15)29-5)20-16-13-24(2,3)30-14-19(16)32-22(20)27-23/h7-8,12H,6,9-11,13-14H2,1-5H3,(H,25,26,27). The minimum absolute atomic E-state index is 0.173. The molecule has 1 aliphatic heterocycles. The van der Waals surface area contributed by atoms with E-state index >= 15 is 0 Å². The quantitative estimate of drug-likeness (QED) is 0.315. The maximum Gasteiger partial charge on any atom is 0.190 e. The molecule has 0 spiro atoms. The van der Waals surface area contributed by atoms with Crippen LogP contribution < -0.4 is 14.8 Å². The molecule has 3 aromatic rings. The summed E-state index contributed by atoms with van der Waals surface area (Å²) >= 11 is 3.46. The van der Waals surface area contributed by atoms with Crippen molar-refractivity contribution >= 4 is 39.1 Å². The van der Waals surface area contributed by atoms with Gasteiger partial charge in [0, 0.05) is 23.6 Å². The highest BCUT2D eigenvalue weighted by molar-refractivity contribution is 7.99. The first-order valence-electron chi connectivity index (χ1n) is 11.0. The zero-order valence-electron chi connectivity index (χ0n) is 19.4. The minimum atomic E-state index is -0.173. The van der Waals surface area contributed by atoms with Gasteiger partial charge >= 0.3 is 0 Å². The first kappa shape index (κ1) is 23.1. The summed E-state index contributed by atoms with van der Waals surface area (Å²) in [4.78, 5) is 12.1. The number of aromatic nitrogens is 2. The molecule has 0 atom stereocenters. The maximum atomic E-state index is 6.05. The van der Waals surface area contributed by atoms with E-state index in [4.69, 9.17) is 24.2 Å². The van der Waals surface area contributed by atoms with Gasteiger partial charge in [0.25, 0.3) is 0 Å². The van der Waals surface area contributed by atoms with Crippen molar-refractivity contribution in [2.24, 2.45) is 0 Å². The topological polar surface area (TPSA) is 65.5 Å². The van der Waals surface area contributed by atoms with Crippen LogP contribution in [0.15, 0.2) is 23.4 Å². The summed E-state index contributed by atoms with van der Waals surface area (Å²) in [7, 11) is 3.32. The normalized spacial score (nSPS) is 14.9. The third kappa shape index (κ3) is 4.97. The summed E-state index contributed by atoms with van der Waals surface area (Å²) in [5.74, 6) is 3.44. The van der Waals surface area contributed by atoms with E-state index in [0.717, 1.165) is 64.3 Å². The summed E-state index contributed by atoms with van der Waals surface area (Å²) in [5, 5.41) is 5.61. The number of nitrogens with zero attached hydrogens (tertiary/aromatic N) is 2. The molecule has 0 fully saturated rings. The van der Waals surface area contributed by atoms with Crippen LogP contribution in [0.5, 0.6) is 11.5 Å². The summed E-state index contributed by atoms with van der Waals surface area (Å²) < 4.78 is 16.8. The number of thiophene rings is 1. The molecule has 0 bridgehead atoms. The fourth-order valence-corrected chi connectivity index (χ4v) is 5.73. The molecule has 2 aromatic heterocycles. The molecule has 172 valence electrons. The van der Waals surface area contributed by atoms with Crippen LogP contribution in [0.25, 0.3) is 10.2 Å². The Bertz CT molecular complexity index is 1100. The molecule has 0 unspecified atom stereocenters. The number of nitrogens with one attached hydrogen (secondary N) is 1. The molecule has 0 saturated heterocycles. The number of benzene rings is 1. The van der Waals surface area contributed by atoms with E-state index in [1.807, 2.05) is 12.1 Å². The third-order valence-corrected chi connectivity index (χ3v) is 7.65. The van der Waals surface area contributed by atoms with Crippen LogP contribution in [-0.2, 0) is 24.2 Å². The van der Waals surface area contributed by atoms with E-state index in [0.29, 0.717) is 6.61 Å². The second-order valence-corrected chi connectivity index (χ2v) is 10.6. The number of ether oxygens (including phenoxy) is 3. The van der Waals surface area contributed by atoms with E-state index in [1.54, 1.807) is 37.3 Å². The zero-order valence-corrected chi connectivity index (χ0v) is 21.0. The van der Waals surface area contributed by atoms with Crippen molar-refractivity contribution in [3.63, 3.8) is 0 Å². The van der Waals surface area contributed by atoms with Gasteiger partial charge in [-0.05, 0) is 49.9 Å². The van der Waals surface area contributed by atoms with E-state index < -0.39 is 0 Å². The van der Waals surface area contributed by atoms with Crippen LogP contribution in [0, 0.1) is 0 Å². The molecule has 3 heterocycles. The predicted molar refractivity (Wildman–Crippen MR) is 133 cm³/mol. The average Bonchev–Trinajstić information content (AvgIpc) is 3.14. The summed E-state index contributed by atoms with van der Waals surface area (Å²) in [6.45, 7) is 7.89. The highest BCUT2D eigenvalue weighted by atomic mass is 32.2. The molecular weight excluding hydrogens is 442 g/mol. The van der Waals surface area contributed by atoms with Crippen molar-refractivity contribution in [3.8, 4) is 11.5 Å². The highest BCUT2D eigenvalue weighted by Gasteiger charge is 2.31. The average molecular weight is 474 g/mol. The molecule has 1 aliphatic rings. The van der Waals surface area contributed by atoms with Gasteiger partial charge < -0.3 is 19.5 Å². The molecule has 0 radical (unpaired) electrons. The fraction of sp³-hybridized carbons (Fsp3) is 0.500. The van der Waals surface area contributed by atoms with E-state index in [9.17, 15) is 0 Å². The Labute approximate surface area is 198 Å². The zero-order chi connectivity index (χ0) is 22.7. The Morgan fingerprint density at radius 1 is 1.19 bits per heavy atom. The Kier molecular flexibility index (Phi) is 7.12. The minimum Gasteiger partial charge on any atom is -0.493 e. The van der Waals surface area contributed by atoms with Crippen LogP contribution >= 0.6 is 23.1 Å². The molecular formula is C24H31N3O3S2. The number of rotatable bonds is 9. The van der Waals surface area contributed by atoms with Crippen molar-refractivity contribution in [1.29, 1.82) is 0 Å². The highest BCUT2D eigenvalue weighted by Crippen LogP contribution is 2.41. The number of methoxy groups -OCH3 is 2. The Balaban J connectivity index is 1.61. The molecule has 1 aromatic carbocycles. The van der Waals surface area contributed by atoms with Gasteiger partial charge in [-0.2, -0.15) is 0 Å². The predicted octanol–water partition coefficient (Wildman–Crippen LogP) is 5.72. The van der Waals surface area contributed by atoms with Crippen molar-refractivity contribution in [1.82, 2.24) is 9.97 Å². The fourth-order valence-electron chi connectivity index (χ4n) is 3.87. The second-order valence-electron chi connectivity index (χ2n) is 8.48. The van der Waals surface area contributed by atoms with Crippen LogP contribution in [-0.4, -0.2) is 42.1 Å². The summed E-state index contributed by atoms with van der Waals surface area (Å²) in [5.41, 5.74) is 2.35.